The van der Waals surface area contributed by atoms with Crippen LogP contribution in [0.5, 0.6) is 5.75 Å². The molecule has 0 heterocycles. The zero-order valence-electron chi connectivity index (χ0n) is 15.7. The van der Waals surface area contributed by atoms with Gasteiger partial charge in [0.05, 0.1) is 0 Å². The summed E-state index contributed by atoms with van der Waals surface area (Å²) in [6.07, 6.45) is 0. The van der Waals surface area contributed by atoms with Gasteiger partial charge in [-0.25, -0.2) is 4.79 Å². The second-order valence-corrected chi connectivity index (χ2v) is 6.61. The van der Waals surface area contributed by atoms with Crippen LogP contribution in [0.3, 0.4) is 0 Å². The number of nitrogens with two attached hydrogens (primary N) is 2. The fourth-order valence-electron chi connectivity index (χ4n) is 2.68. The van der Waals surface area contributed by atoms with Crippen molar-refractivity contribution in [3.63, 3.8) is 0 Å². The molecule has 0 saturated heterocycles. The number of anilines is 1. The van der Waals surface area contributed by atoms with Crippen LogP contribution in [0.25, 0.3) is 0 Å². The maximum Gasteiger partial charge on any atom is 0.330 e. The zero-order chi connectivity index (χ0) is 20.8. The number of amidine groups is 1. The Morgan fingerprint density at radius 1 is 1.14 bits per heavy atom. The highest BCUT2D eigenvalue weighted by Gasteiger charge is 2.22. The molecule has 28 heavy (non-hydrogen) atoms. The molecule has 0 aliphatic rings. The largest absolute Gasteiger partial charge is 0.483 e. The number of aliphatic carboxylic acids is 1. The van der Waals surface area contributed by atoms with Crippen LogP contribution >= 0.6 is 0 Å². The summed E-state index contributed by atoms with van der Waals surface area (Å²) >= 11 is 0. The van der Waals surface area contributed by atoms with Crippen LogP contribution in [-0.2, 0) is 9.59 Å². The van der Waals surface area contributed by atoms with Gasteiger partial charge in [-0.2, -0.15) is 0 Å². The number of hydrogen-bond donors (Lipinski definition) is 5. The Balaban J connectivity index is 2.31. The number of hydrogen-bond acceptors (Lipinski definition) is 5. The number of primary amides is 1. The minimum Gasteiger partial charge on any atom is -0.483 e. The van der Waals surface area contributed by atoms with Gasteiger partial charge in [-0.3, -0.25) is 10.2 Å². The van der Waals surface area contributed by atoms with Gasteiger partial charge in [-0.15, -0.1) is 0 Å². The molecule has 1 atom stereocenters. The van der Waals surface area contributed by atoms with E-state index in [0.29, 0.717) is 22.6 Å². The molecule has 0 aliphatic carbocycles. The molecule has 0 fully saturated rings. The van der Waals surface area contributed by atoms with Crippen LogP contribution in [0.15, 0.2) is 42.5 Å². The second-order valence-electron chi connectivity index (χ2n) is 6.61. The summed E-state index contributed by atoms with van der Waals surface area (Å²) < 4.78 is 5.43. The standard InChI is InChI=1S/C20H24N4O4/c1-11(2)15-9-13(5-8-16(15)28-10-17(21)25)18(20(26)27)24-14-6-3-12(4-7-14)19(22)23/h3-9,11,18,24H,10H2,1-2H3,(H2,21,25)(H3,22,23)(H,26,27). The number of carbonyl (C=O) groups excluding carboxylic acids is 1. The van der Waals surface area contributed by atoms with Gasteiger partial charge in [0.25, 0.3) is 5.91 Å². The Hall–Kier alpha value is -3.55. The van der Waals surface area contributed by atoms with Crippen molar-refractivity contribution in [2.45, 2.75) is 25.8 Å². The lowest BCUT2D eigenvalue weighted by Crippen LogP contribution is -2.22. The normalized spacial score (nSPS) is 11.7. The molecule has 0 aliphatic heterocycles. The van der Waals surface area contributed by atoms with Crippen LogP contribution in [-0.4, -0.2) is 29.4 Å². The number of carboxylic acids is 1. The van der Waals surface area contributed by atoms with E-state index in [-0.39, 0.29) is 18.4 Å². The maximum atomic E-state index is 11.9. The molecule has 0 spiro atoms. The molecule has 0 saturated carbocycles. The Labute approximate surface area is 163 Å². The van der Waals surface area contributed by atoms with E-state index in [1.807, 2.05) is 13.8 Å². The van der Waals surface area contributed by atoms with Crippen LogP contribution in [0.2, 0.25) is 0 Å². The Bertz CT molecular complexity index is 878. The van der Waals surface area contributed by atoms with E-state index in [9.17, 15) is 14.7 Å². The lowest BCUT2D eigenvalue weighted by Gasteiger charge is -2.20. The second kappa shape index (κ2) is 8.90. The highest BCUT2D eigenvalue weighted by Crippen LogP contribution is 2.31. The first-order valence-corrected chi connectivity index (χ1v) is 8.67. The predicted octanol–water partition coefficient (Wildman–Crippen LogP) is 2.20. The minimum absolute atomic E-state index is 0.0483. The fraction of sp³-hybridized carbons (Fsp3) is 0.250. The molecule has 7 N–H and O–H groups in total. The summed E-state index contributed by atoms with van der Waals surface area (Å²) in [7, 11) is 0. The van der Waals surface area contributed by atoms with Crippen molar-refractivity contribution in [1.82, 2.24) is 0 Å². The minimum atomic E-state index is -1.05. The molecule has 0 bridgehead atoms. The first kappa shape index (κ1) is 20.8. The summed E-state index contributed by atoms with van der Waals surface area (Å²) in [5.41, 5.74) is 13.0. The smallest absolute Gasteiger partial charge is 0.330 e. The summed E-state index contributed by atoms with van der Waals surface area (Å²) in [6, 6.07) is 10.7. The molecule has 1 unspecified atom stereocenters. The molecular weight excluding hydrogens is 360 g/mol. The first-order chi connectivity index (χ1) is 13.2. The van der Waals surface area contributed by atoms with Crippen molar-refractivity contribution in [2.24, 2.45) is 11.5 Å². The van der Waals surface area contributed by atoms with E-state index in [1.165, 1.54) is 0 Å². The highest BCUT2D eigenvalue weighted by atomic mass is 16.5. The highest BCUT2D eigenvalue weighted by molar-refractivity contribution is 5.95. The summed E-state index contributed by atoms with van der Waals surface area (Å²) in [5, 5.41) is 20.1. The maximum absolute atomic E-state index is 11.9. The van der Waals surface area contributed by atoms with Gasteiger partial charge < -0.3 is 26.6 Å². The Kier molecular flexibility index (Phi) is 6.59. The predicted molar refractivity (Wildman–Crippen MR) is 107 cm³/mol. The quantitative estimate of drug-likeness (QED) is 0.330. The van der Waals surface area contributed by atoms with Crippen molar-refractivity contribution >= 4 is 23.4 Å². The summed E-state index contributed by atoms with van der Waals surface area (Å²) in [5.74, 6) is -1.15. The third kappa shape index (κ3) is 5.23. The number of carboxylic acid groups (broad SMARTS) is 1. The van der Waals surface area contributed by atoms with Crippen molar-refractivity contribution in [1.29, 1.82) is 5.41 Å². The van der Waals surface area contributed by atoms with Crippen LogP contribution in [0.4, 0.5) is 5.69 Å². The van der Waals surface area contributed by atoms with E-state index in [2.05, 4.69) is 5.32 Å². The first-order valence-electron chi connectivity index (χ1n) is 8.67. The molecule has 1 amide bonds. The average Bonchev–Trinajstić information content (AvgIpc) is 2.64. The number of carbonyl (C=O) groups is 2. The van der Waals surface area contributed by atoms with Gasteiger partial charge >= 0.3 is 5.97 Å². The van der Waals surface area contributed by atoms with E-state index < -0.39 is 17.9 Å². The lowest BCUT2D eigenvalue weighted by molar-refractivity contribution is -0.138. The molecular formula is C20H24N4O4. The van der Waals surface area contributed by atoms with Crippen LogP contribution in [0, 0.1) is 5.41 Å². The number of benzene rings is 2. The SMILES string of the molecule is CC(C)c1cc(C(Nc2ccc(C(=N)N)cc2)C(=O)O)ccc1OCC(N)=O. The van der Waals surface area contributed by atoms with E-state index in [1.54, 1.807) is 42.5 Å². The van der Waals surface area contributed by atoms with Gasteiger partial charge in [0.2, 0.25) is 0 Å². The molecule has 2 aromatic rings. The van der Waals surface area contributed by atoms with Gasteiger partial charge in [-0.1, -0.05) is 19.9 Å². The number of nitrogens with one attached hydrogen (secondary N) is 2. The summed E-state index contributed by atoms with van der Waals surface area (Å²) in [6.45, 7) is 3.64. The van der Waals surface area contributed by atoms with Crippen LogP contribution < -0.4 is 21.5 Å². The van der Waals surface area contributed by atoms with Gasteiger partial charge in [-0.05, 0) is 53.4 Å². The molecule has 148 valence electrons. The number of ether oxygens (including phenoxy) is 1. The van der Waals surface area contributed by atoms with Gasteiger partial charge in [0, 0.05) is 11.3 Å². The molecule has 0 radical (unpaired) electrons. The lowest BCUT2D eigenvalue weighted by atomic mass is 9.96. The zero-order valence-corrected chi connectivity index (χ0v) is 15.7. The number of rotatable bonds is 9. The van der Waals surface area contributed by atoms with Crippen molar-refractivity contribution in [3.8, 4) is 5.75 Å². The topological polar surface area (TPSA) is 152 Å². The number of nitrogen functional groups attached to an aromatic ring is 1. The van der Waals surface area contributed by atoms with Crippen molar-refractivity contribution in [3.05, 3.63) is 59.2 Å². The molecule has 8 nitrogen and oxygen atoms in total. The fourth-order valence-corrected chi connectivity index (χ4v) is 2.68. The van der Waals surface area contributed by atoms with Crippen LogP contribution in [0.1, 0.15) is 42.5 Å². The Morgan fingerprint density at radius 2 is 1.79 bits per heavy atom. The van der Waals surface area contributed by atoms with E-state index >= 15 is 0 Å². The van der Waals surface area contributed by atoms with E-state index in [4.69, 9.17) is 21.6 Å². The molecule has 2 aromatic carbocycles. The Morgan fingerprint density at radius 3 is 2.29 bits per heavy atom. The van der Waals surface area contributed by atoms with Crippen molar-refractivity contribution in [2.75, 3.05) is 11.9 Å². The number of amides is 1. The van der Waals surface area contributed by atoms with E-state index in [0.717, 1.165) is 5.56 Å². The molecule has 0 aromatic heterocycles. The third-order valence-corrected chi connectivity index (χ3v) is 4.11. The molecule has 8 heteroatoms. The third-order valence-electron chi connectivity index (χ3n) is 4.11. The van der Waals surface area contributed by atoms with Crippen molar-refractivity contribution < 1.29 is 19.4 Å². The monoisotopic (exact) mass is 384 g/mol. The summed E-state index contributed by atoms with van der Waals surface area (Å²) in [4.78, 5) is 22.8. The van der Waals surface area contributed by atoms with Gasteiger partial charge in [0.15, 0.2) is 12.6 Å². The molecule has 2 rings (SSSR count). The van der Waals surface area contributed by atoms with Gasteiger partial charge in [0.1, 0.15) is 11.6 Å². The average molecular weight is 384 g/mol.